The van der Waals surface area contributed by atoms with Crippen LogP contribution in [0, 0.1) is 0 Å². The molecule has 1 amide bonds. The molecule has 0 atom stereocenters. The maximum absolute atomic E-state index is 11.4. The largest absolute Gasteiger partial charge is 0.324 e. The van der Waals surface area contributed by atoms with E-state index in [0.717, 1.165) is 18.7 Å². The van der Waals surface area contributed by atoms with Gasteiger partial charge in [0.25, 0.3) is 0 Å². The molecule has 1 aliphatic heterocycles. The molecule has 0 unspecified atom stereocenters. The second-order valence-corrected chi connectivity index (χ2v) is 6.01. The van der Waals surface area contributed by atoms with E-state index in [-0.39, 0.29) is 5.91 Å². The number of thioether (sulfide) groups is 1. The van der Waals surface area contributed by atoms with Crippen LogP contribution in [-0.4, -0.2) is 36.2 Å². The number of hydrogen-bond acceptors (Lipinski definition) is 3. The maximum Gasteiger partial charge on any atom is 0.234 e. The Morgan fingerprint density at radius 2 is 2.22 bits per heavy atom. The van der Waals surface area contributed by atoms with Gasteiger partial charge in [-0.25, -0.2) is 0 Å². The molecule has 0 spiro atoms. The third-order valence-corrected chi connectivity index (χ3v) is 4.39. The molecule has 0 aliphatic carbocycles. The molecule has 0 bridgehead atoms. The van der Waals surface area contributed by atoms with Gasteiger partial charge >= 0.3 is 0 Å². The van der Waals surface area contributed by atoms with Crippen molar-refractivity contribution >= 4 is 23.4 Å². The number of nitrogens with zero attached hydrogens (tertiary/aromatic N) is 1. The zero-order chi connectivity index (χ0) is 13.1. The van der Waals surface area contributed by atoms with Gasteiger partial charge in [0.05, 0.1) is 11.4 Å². The van der Waals surface area contributed by atoms with Gasteiger partial charge in [0.15, 0.2) is 0 Å². The maximum atomic E-state index is 11.4. The van der Waals surface area contributed by atoms with Crippen molar-refractivity contribution in [1.29, 1.82) is 0 Å². The van der Waals surface area contributed by atoms with Crippen LogP contribution in [-0.2, 0) is 11.2 Å². The lowest BCUT2D eigenvalue weighted by molar-refractivity contribution is -0.113. The zero-order valence-electron chi connectivity index (χ0n) is 11.2. The molecule has 0 radical (unpaired) electrons. The molecule has 0 fully saturated rings. The first-order chi connectivity index (χ1) is 8.56. The second kappa shape index (κ2) is 5.76. The van der Waals surface area contributed by atoms with Crippen molar-refractivity contribution in [2.75, 3.05) is 24.7 Å². The summed E-state index contributed by atoms with van der Waals surface area (Å²) in [5, 5.41) is 2.94. The quantitative estimate of drug-likeness (QED) is 0.907. The van der Waals surface area contributed by atoms with E-state index < -0.39 is 0 Å². The number of nitrogens with one attached hydrogen (secondary N) is 1. The number of carbonyl (C=O) groups is 1. The van der Waals surface area contributed by atoms with E-state index in [1.807, 2.05) is 0 Å². The van der Waals surface area contributed by atoms with E-state index in [1.54, 1.807) is 11.8 Å². The molecular formula is C14H20N2OS. The van der Waals surface area contributed by atoms with Crippen molar-refractivity contribution in [2.24, 2.45) is 0 Å². The molecule has 1 aromatic rings. The highest BCUT2D eigenvalue weighted by molar-refractivity contribution is 8.00. The molecule has 0 aromatic heterocycles. The Balaban J connectivity index is 2.02. The van der Waals surface area contributed by atoms with Crippen LogP contribution in [0.1, 0.15) is 19.4 Å². The predicted molar refractivity (Wildman–Crippen MR) is 77.3 cm³/mol. The van der Waals surface area contributed by atoms with Crippen LogP contribution in [0.15, 0.2) is 23.1 Å². The van der Waals surface area contributed by atoms with Crippen molar-refractivity contribution in [3.05, 3.63) is 23.8 Å². The summed E-state index contributed by atoms with van der Waals surface area (Å²) in [4.78, 5) is 14.9. The minimum atomic E-state index is 0.101. The van der Waals surface area contributed by atoms with Crippen LogP contribution in [0.5, 0.6) is 0 Å². The van der Waals surface area contributed by atoms with Gasteiger partial charge in [-0.2, -0.15) is 0 Å². The van der Waals surface area contributed by atoms with Crippen molar-refractivity contribution in [2.45, 2.75) is 31.2 Å². The molecular weight excluding hydrogens is 244 g/mol. The van der Waals surface area contributed by atoms with E-state index in [4.69, 9.17) is 0 Å². The van der Waals surface area contributed by atoms with Gasteiger partial charge in [-0.05, 0) is 45.0 Å². The fourth-order valence-electron chi connectivity index (χ4n) is 1.85. The average molecular weight is 264 g/mol. The first kappa shape index (κ1) is 13.4. The van der Waals surface area contributed by atoms with Gasteiger partial charge in [0.1, 0.15) is 0 Å². The van der Waals surface area contributed by atoms with Gasteiger partial charge in [0, 0.05) is 17.5 Å². The predicted octanol–water partition coefficient (Wildman–Crippen LogP) is 2.61. The molecule has 3 nitrogen and oxygen atoms in total. The highest BCUT2D eigenvalue weighted by Crippen LogP contribution is 2.32. The third-order valence-electron chi connectivity index (χ3n) is 3.31. The number of fused-ring (bicyclic) bond motifs is 1. The monoisotopic (exact) mass is 264 g/mol. The Morgan fingerprint density at radius 3 is 2.94 bits per heavy atom. The van der Waals surface area contributed by atoms with Gasteiger partial charge in [0.2, 0.25) is 5.91 Å². The number of hydrogen-bond donors (Lipinski definition) is 1. The van der Waals surface area contributed by atoms with Crippen LogP contribution in [0.2, 0.25) is 0 Å². The summed E-state index contributed by atoms with van der Waals surface area (Å²) in [6.07, 6.45) is 1.02. The third kappa shape index (κ3) is 3.27. The first-order valence-corrected chi connectivity index (χ1v) is 7.30. The molecule has 0 saturated heterocycles. The number of anilines is 1. The van der Waals surface area contributed by atoms with Gasteiger partial charge in [-0.3, -0.25) is 4.79 Å². The van der Waals surface area contributed by atoms with Crippen LogP contribution >= 0.6 is 11.8 Å². The second-order valence-electron chi connectivity index (χ2n) is 4.99. The Labute approximate surface area is 113 Å². The van der Waals surface area contributed by atoms with Crippen molar-refractivity contribution in [3.63, 3.8) is 0 Å². The lowest BCUT2D eigenvalue weighted by Crippen LogP contribution is -2.28. The minimum absolute atomic E-state index is 0.101. The number of likely N-dealkylation sites (N-methyl/N-ethyl adjacent to an activating group) is 1. The topological polar surface area (TPSA) is 32.3 Å². The summed E-state index contributed by atoms with van der Waals surface area (Å²) in [6.45, 7) is 5.44. The molecule has 0 saturated carbocycles. The van der Waals surface area contributed by atoms with Gasteiger partial charge < -0.3 is 10.2 Å². The minimum Gasteiger partial charge on any atom is -0.324 e. The van der Waals surface area contributed by atoms with Crippen LogP contribution in [0.3, 0.4) is 0 Å². The van der Waals surface area contributed by atoms with Crippen LogP contribution < -0.4 is 5.32 Å². The molecule has 1 aromatic carbocycles. The van der Waals surface area contributed by atoms with E-state index >= 15 is 0 Å². The smallest absolute Gasteiger partial charge is 0.234 e. The normalized spacial score (nSPS) is 14.8. The standard InChI is InChI=1S/C14H20N2OS/c1-10(2)16(3)7-6-11-4-5-13-12(8-11)15-14(17)9-18-13/h4-5,8,10H,6-7,9H2,1-3H3,(H,15,17). The number of carbonyl (C=O) groups excluding carboxylic acids is 1. The lowest BCUT2D eigenvalue weighted by Gasteiger charge is -2.21. The zero-order valence-corrected chi connectivity index (χ0v) is 12.0. The van der Waals surface area contributed by atoms with Gasteiger partial charge in [-0.1, -0.05) is 6.07 Å². The molecule has 1 heterocycles. The van der Waals surface area contributed by atoms with Crippen molar-refractivity contribution in [1.82, 2.24) is 4.90 Å². The molecule has 1 N–H and O–H groups in total. The number of rotatable bonds is 4. The van der Waals surface area contributed by atoms with E-state index in [1.165, 1.54) is 10.5 Å². The highest BCUT2D eigenvalue weighted by Gasteiger charge is 2.15. The molecule has 1 aliphatic rings. The Hall–Kier alpha value is -1.000. The Bertz CT molecular complexity index is 445. The van der Waals surface area contributed by atoms with Crippen molar-refractivity contribution in [3.8, 4) is 0 Å². The highest BCUT2D eigenvalue weighted by atomic mass is 32.2. The van der Waals surface area contributed by atoms with E-state index in [0.29, 0.717) is 11.8 Å². The summed E-state index contributed by atoms with van der Waals surface area (Å²) in [6, 6.07) is 6.95. The fourth-order valence-corrected chi connectivity index (χ4v) is 2.64. The Morgan fingerprint density at radius 1 is 1.44 bits per heavy atom. The van der Waals surface area contributed by atoms with Gasteiger partial charge in [-0.15, -0.1) is 11.8 Å². The first-order valence-electron chi connectivity index (χ1n) is 6.32. The number of amides is 1. The molecule has 18 heavy (non-hydrogen) atoms. The van der Waals surface area contributed by atoms with Crippen LogP contribution in [0.4, 0.5) is 5.69 Å². The molecule has 2 rings (SSSR count). The number of benzene rings is 1. The summed E-state index contributed by atoms with van der Waals surface area (Å²) >= 11 is 1.61. The Kier molecular flexibility index (Phi) is 4.30. The summed E-state index contributed by atoms with van der Waals surface area (Å²) in [5.74, 6) is 0.631. The van der Waals surface area contributed by atoms with Crippen molar-refractivity contribution < 1.29 is 4.79 Å². The lowest BCUT2D eigenvalue weighted by atomic mass is 10.1. The van der Waals surface area contributed by atoms with E-state index in [2.05, 4.69) is 49.3 Å². The summed E-state index contributed by atoms with van der Waals surface area (Å²) < 4.78 is 0. The fraction of sp³-hybridized carbons (Fsp3) is 0.500. The SMILES string of the molecule is CC(C)N(C)CCc1ccc2c(c1)NC(=O)CS2. The van der Waals surface area contributed by atoms with E-state index in [9.17, 15) is 4.79 Å². The van der Waals surface area contributed by atoms with Crippen LogP contribution in [0.25, 0.3) is 0 Å². The molecule has 98 valence electrons. The summed E-state index contributed by atoms with van der Waals surface area (Å²) in [7, 11) is 2.14. The molecule has 4 heteroatoms. The average Bonchev–Trinajstić information content (AvgIpc) is 2.35. The summed E-state index contributed by atoms with van der Waals surface area (Å²) in [5.41, 5.74) is 2.25.